The number of aromatic nitrogens is 2. The molecular formula is C23H27N3O2. The van der Waals surface area contributed by atoms with Crippen molar-refractivity contribution in [3.8, 4) is 0 Å². The Hall–Kier alpha value is -2.40. The summed E-state index contributed by atoms with van der Waals surface area (Å²) < 4.78 is 5.76. The van der Waals surface area contributed by atoms with Crippen molar-refractivity contribution in [3.05, 3.63) is 58.7 Å². The van der Waals surface area contributed by atoms with Gasteiger partial charge >= 0.3 is 0 Å². The summed E-state index contributed by atoms with van der Waals surface area (Å²) in [6.07, 6.45) is 6.60. The van der Waals surface area contributed by atoms with E-state index in [9.17, 15) is 4.79 Å². The SMILES string of the molecule is Cc1cc(C2=NCc3cc(CC(=O)CC4CCOC(C)(C)C4)ncc32)ccn1. The topological polar surface area (TPSA) is 64.4 Å². The van der Waals surface area contributed by atoms with Crippen molar-refractivity contribution < 1.29 is 9.53 Å². The highest BCUT2D eigenvalue weighted by molar-refractivity contribution is 6.15. The third-order valence-electron chi connectivity index (χ3n) is 5.57. The fourth-order valence-electron chi connectivity index (χ4n) is 4.30. The lowest BCUT2D eigenvalue weighted by atomic mass is 9.84. The average molecular weight is 377 g/mol. The van der Waals surface area contributed by atoms with Crippen LogP contribution >= 0.6 is 0 Å². The molecular weight excluding hydrogens is 350 g/mol. The van der Waals surface area contributed by atoms with Crippen molar-refractivity contribution >= 4 is 11.5 Å². The van der Waals surface area contributed by atoms with Gasteiger partial charge in [-0.25, -0.2) is 0 Å². The number of ketones is 1. The third kappa shape index (κ3) is 4.20. The standard InChI is InChI=1S/C23H27N3O2/c1-15-8-17(4-6-24-15)22-21-14-25-19(10-18(21)13-26-22)11-20(27)9-16-5-7-28-23(2,3)12-16/h4,6,8,10,14,16H,5,7,9,11-13H2,1-3H3. The number of aryl methyl sites for hydroxylation is 1. The minimum Gasteiger partial charge on any atom is -0.376 e. The molecule has 2 aliphatic heterocycles. The lowest BCUT2D eigenvalue weighted by molar-refractivity contribution is -0.122. The molecule has 4 rings (SSSR count). The van der Waals surface area contributed by atoms with Gasteiger partial charge in [0.15, 0.2) is 0 Å². The minimum absolute atomic E-state index is 0.117. The smallest absolute Gasteiger partial charge is 0.139 e. The van der Waals surface area contributed by atoms with E-state index in [1.807, 2.05) is 37.5 Å². The molecule has 0 bridgehead atoms. The minimum atomic E-state index is -0.117. The number of hydrogen-bond acceptors (Lipinski definition) is 5. The van der Waals surface area contributed by atoms with Crippen molar-refractivity contribution in [2.45, 2.75) is 58.6 Å². The summed E-state index contributed by atoms with van der Waals surface area (Å²) in [5.74, 6) is 0.676. The van der Waals surface area contributed by atoms with Gasteiger partial charge in [-0.3, -0.25) is 19.8 Å². The van der Waals surface area contributed by atoms with Crippen LogP contribution in [0.5, 0.6) is 0 Å². The second-order valence-electron chi connectivity index (χ2n) is 8.57. The van der Waals surface area contributed by atoms with Crippen LogP contribution in [0.4, 0.5) is 0 Å². The van der Waals surface area contributed by atoms with Crippen LogP contribution in [-0.4, -0.2) is 33.7 Å². The molecule has 2 aromatic rings. The molecule has 0 N–H and O–H groups in total. The van der Waals surface area contributed by atoms with Crippen molar-refractivity contribution in [3.63, 3.8) is 0 Å². The predicted octanol–water partition coefficient (Wildman–Crippen LogP) is 3.84. The number of carbonyl (C=O) groups excluding carboxylic acids is 1. The van der Waals surface area contributed by atoms with E-state index in [1.54, 1.807) is 0 Å². The van der Waals surface area contributed by atoms with Crippen LogP contribution in [0.25, 0.3) is 0 Å². The van der Waals surface area contributed by atoms with E-state index in [4.69, 9.17) is 9.73 Å². The molecule has 1 saturated heterocycles. The summed E-state index contributed by atoms with van der Waals surface area (Å²) in [5.41, 5.74) is 5.95. The van der Waals surface area contributed by atoms with Gasteiger partial charge in [-0.15, -0.1) is 0 Å². The van der Waals surface area contributed by atoms with E-state index in [0.29, 0.717) is 25.3 Å². The third-order valence-corrected chi connectivity index (χ3v) is 5.57. The zero-order chi connectivity index (χ0) is 19.7. The number of rotatable bonds is 5. The number of pyridine rings is 2. The number of carbonyl (C=O) groups is 1. The van der Waals surface area contributed by atoms with Gasteiger partial charge in [-0.1, -0.05) is 0 Å². The van der Waals surface area contributed by atoms with Gasteiger partial charge in [-0.2, -0.15) is 0 Å². The number of hydrogen-bond donors (Lipinski definition) is 0. The maximum absolute atomic E-state index is 12.6. The lowest BCUT2D eigenvalue weighted by Crippen LogP contribution is -2.34. The predicted molar refractivity (Wildman–Crippen MR) is 109 cm³/mol. The molecule has 0 saturated carbocycles. The van der Waals surface area contributed by atoms with E-state index in [1.165, 1.54) is 0 Å². The number of ether oxygens (including phenoxy) is 1. The van der Waals surface area contributed by atoms with Crippen LogP contribution in [0.15, 0.2) is 35.6 Å². The molecule has 146 valence electrons. The lowest BCUT2D eigenvalue weighted by Gasteiger charge is -2.35. The number of Topliss-reactive ketones (excluding diaryl/α,β-unsaturated/α-hetero) is 1. The summed E-state index contributed by atoms with van der Waals surface area (Å²) in [7, 11) is 0. The first-order chi connectivity index (χ1) is 13.4. The van der Waals surface area contributed by atoms with Gasteiger partial charge in [0.05, 0.1) is 17.9 Å². The zero-order valence-corrected chi connectivity index (χ0v) is 16.9. The van der Waals surface area contributed by atoms with Gasteiger partial charge in [0.2, 0.25) is 0 Å². The van der Waals surface area contributed by atoms with Crippen LogP contribution in [0.2, 0.25) is 0 Å². The van der Waals surface area contributed by atoms with Gasteiger partial charge in [-0.05, 0) is 63.3 Å². The molecule has 4 heterocycles. The first-order valence-electron chi connectivity index (χ1n) is 10.0. The highest BCUT2D eigenvalue weighted by atomic mass is 16.5. The Morgan fingerprint density at radius 2 is 2.14 bits per heavy atom. The highest BCUT2D eigenvalue weighted by Crippen LogP contribution is 2.31. The Balaban J connectivity index is 1.42. The van der Waals surface area contributed by atoms with Crippen LogP contribution in [0.1, 0.15) is 61.2 Å². The Kier molecular flexibility index (Phi) is 5.11. The molecule has 0 spiro atoms. The summed E-state index contributed by atoms with van der Waals surface area (Å²) in [6.45, 7) is 7.58. The fourth-order valence-corrected chi connectivity index (χ4v) is 4.30. The van der Waals surface area contributed by atoms with Crippen molar-refractivity contribution in [2.75, 3.05) is 6.61 Å². The maximum Gasteiger partial charge on any atom is 0.139 e. The van der Waals surface area contributed by atoms with Crippen LogP contribution in [-0.2, 0) is 22.5 Å². The molecule has 0 aromatic carbocycles. The Morgan fingerprint density at radius 1 is 1.29 bits per heavy atom. The van der Waals surface area contributed by atoms with Gasteiger partial charge < -0.3 is 4.74 Å². The second-order valence-corrected chi connectivity index (χ2v) is 8.57. The van der Waals surface area contributed by atoms with E-state index in [-0.39, 0.29) is 11.4 Å². The molecule has 0 amide bonds. The first kappa shape index (κ1) is 18.9. The number of aliphatic imine (C=N–C) groups is 1. The fraction of sp³-hybridized carbons (Fsp3) is 0.478. The van der Waals surface area contributed by atoms with E-state index >= 15 is 0 Å². The highest BCUT2D eigenvalue weighted by Gasteiger charge is 2.30. The molecule has 1 fully saturated rings. The molecule has 28 heavy (non-hydrogen) atoms. The monoisotopic (exact) mass is 377 g/mol. The quantitative estimate of drug-likeness (QED) is 0.794. The van der Waals surface area contributed by atoms with E-state index in [2.05, 4.69) is 23.8 Å². The summed E-state index contributed by atoms with van der Waals surface area (Å²) in [6, 6.07) is 6.07. The number of nitrogens with zero attached hydrogens (tertiary/aromatic N) is 3. The Labute approximate surface area is 166 Å². The van der Waals surface area contributed by atoms with Crippen LogP contribution in [0.3, 0.4) is 0 Å². The van der Waals surface area contributed by atoms with Crippen molar-refractivity contribution in [1.82, 2.24) is 9.97 Å². The van der Waals surface area contributed by atoms with Gasteiger partial charge in [0.25, 0.3) is 0 Å². The average Bonchev–Trinajstić information content (AvgIpc) is 3.04. The molecule has 1 unspecified atom stereocenters. The molecule has 5 nitrogen and oxygen atoms in total. The van der Waals surface area contributed by atoms with Gasteiger partial charge in [0, 0.05) is 54.4 Å². The zero-order valence-electron chi connectivity index (χ0n) is 16.9. The summed E-state index contributed by atoms with van der Waals surface area (Å²) in [4.78, 5) is 26.1. The molecule has 0 radical (unpaired) electrons. The first-order valence-corrected chi connectivity index (χ1v) is 10.0. The molecule has 5 heteroatoms. The second kappa shape index (κ2) is 7.55. The van der Waals surface area contributed by atoms with E-state index in [0.717, 1.165) is 53.2 Å². The Bertz CT molecular complexity index is 933. The molecule has 2 aromatic heterocycles. The van der Waals surface area contributed by atoms with Crippen LogP contribution < -0.4 is 0 Å². The molecule has 0 aliphatic carbocycles. The van der Waals surface area contributed by atoms with Crippen molar-refractivity contribution in [1.29, 1.82) is 0 Å². The molecule has 1 atom stereocenters. The largest absolute Gasteiger partial charge is 0.376 e. The summed E-state index contributed by atoms with van der Waals surface area (Å²) >= 11 is 0. The number of fused-ring (bicyclic) bond motifs is 1. The maximum atomic E-state index is 12.6. The van der Waals surface area contributed by atoms with Gasteiger partial charge in [0.1, 0.15) is 5.78 Å². The van der Waals surface area contributed by atoms with E-state index < -0.39 is 0 Å². The molecule has 2 aliphatic rings. The Morgan fingerprint density at radius 3 is 2.93 bits per heavy atom. The van der Waals surface area contributed by atoms with Crippen molar-refractivity contribution in [2.24, 2.45) is 10.9 Å². The summed E-state index contributed by atoms with van der Waals surface area (Å²) in [5, 5.41) is 0. The van der Waals surface area contributed by atoms with Crippen LogP contribution in [0, 0.1) is 12.8 Å². The normalized spacial score (nSPS) is 20.5.